The fraction of sp³-hybridized carbons (Fsp3) is 0.409. The number of aliphatic carboxylic acids is 1. The van der Waals surface area contributed by atoms with Crippen molar-refractivity contribution >= 4 is 46.8 Å². The highest BCUT2D eigenvalue weighted by Crippen LogP contribution is 2.30. The van der Waals surface area contributed by atoms with Crippen molar-refractivity contribution in [3.8, 4) is 11.5 Å². The highest BCUT2D eigenvalue weighted by molar-refractivity contribution is 5.96. The van der Waals surface area contributed by atoms with Crippen LogP contribution in [0.3, 0.4) is 0 Å². The van der Waals surface area contributed by atoms with Crippen LogP contribution in [-0.2, 0) is 52.8 Å². The molecule has 328 valence electrons. The number of hydrogen-bond acceptors (Lipinski definition) is 11. The van der Waals surface area contributed by atoms with Crippen LogP contribution in [0.4, 0.5) is 8.78 Å². The van der Waals surface area contributed by atoms with Gasteiger partial charge in [0.1, 0.15) is 34.8 Å². The molecule has 0 bridgehead atoms. The summed E-state index contributed by atoms with van der Waals surface area (Å²) in [7, 11) is 0. The molecule has 0 aliphatic carbocycles. The number of ketones is 5. The van der Waals surface area contributed by atoms with E-state index < -0.39 is 119 Å². The Morgan fingerprint density at radius 1 is 0.574 bits per heavy atom. The third-order valence-electron chi connectivity index (χ3n) is 10.4. The highest BCUT2D eigenvalue weighted by atomic mass is 19.1. The summed E-state index contributed by atoms with van der Waals surface area (Å²) in [6.45, 7) is 0.103. The Morgan fingerprint density at radius 3 is 1.61 bits per heavy atom. The molecule has 0 saturated carbocycles. The van der Waals surface area contributed by atoms with Gasteiger partial charge in [0.25, 0.3) is 0 Å². The van der Waals surface area contributed by atoms with Crippen LogP contribution in [0.15, 0.2) is 71.7 Å². The van der Waals surface area contributed by atoms with Crippen LogP contribution < -0.4 is 22.9 Å². The zero-order valence-corrected chi connectivity index (χ0v) is 33.6. The van der Waals surface area contributed by atoms with Gasteiger partial charge in [-0.15, -0.1) is 0 Å². The van der Waals surface area contributed by atoms with Gasteiger partial charge in [0.05, 0.1) is 18.4 Å². The molecule has 3 rings (SSSR count). The largest absolute Gasteiger partial charge is 0.504 e. The monoisotopic (exact) mass is 849 g/mol. The SMILES string of the molecule is NC(=O)C(CC(=O)O)CC(=O)CCC(=O)C(CCCN=C(N)N)CC(=O)C(CC(=O)C(CC(=O)C(N)Cc1ccc(F)cc1)Cc1ccc(F)cc1)Cc1ccc(O)c(O)c1. The van der Waals surface area contributed by atoms with Gasteiger partial charge in [-0.3, -0.25) is 38.6 Å². The lowest BCUT2D eigenvalue weighted by molar-refractivity contribution is -0.141. The Hall–Kier alpha value is -6.36. The number of Topliss-reactive ketones (excluding diaryl/α,β-unsaturated/α-hetero) is 5. The second kappa shape index (κ2) is 24.0. The first-order valence-electron chi connectivity index (χ1n) is 19.8. The number of carboxylic acid groups (broad SMARTS) is 1. The van der Waals surface area contributed by atoms with E-state index in [1.165, 1.54) is 66.7 Å². The molecule has 5 unspecified atom stereocenters. The first-order chi connectivity index (χ1) is 28.8. The van der Waals surface area contributed by atoms with Gasteiger partial charge in [0.15, 0.2) is 23.2 Å². The third kappa shape index (κ3) is 17.4. The molecule has 1 amide bonds. The lowest BCUT2D eigenvalue weighted by Gasteiger charge is -2.23. The molecule has 0 fully saturated rings. The number of nitrogens with two attached hydrogens (primary N) is 4. The number of phenolic OH excluding ortho intramolecular Hbond substituents is 2. The molecule has 0 aliphatic heterocycles. The quantitative estimate of drug-likeness (QED) is 0.0239. The number of guanidine groups is 1. The van der Waals surface area contributed by atoms with Crippen molar-refractivity contribution in [1.29, 1.82) is 0 Å². The normalized spacial score (nSPS) is 13.6. The van der Waals surface area contributed by atoms with Gasteiger partial charge in [-0.2, -0.15) is 0 Å². The summed E-state index contributed by atoms with van der Waals surface area (Å²) in [5.74, 6) is -11.5. The minimum Gasteiger partial charge on any atom is -0.504 e. The first-order valence-corrected chi connectivity index (χ1v) is 19.8. The van der Waals surface area contributed by atoms with E-state index in [2.05, 4.69) is 4.99 Å². The number of carboxylic acids is 1. The number of carbonyl (C=O) groups excluding carboxylic acids is 6. The first kappa shape index (κ1) is 49.0. The Balaban J connectivity index is 1.91. The molecular formula is C44H53F2N5O10. The van der Waals surface area contributed by atoms with E-state index in [0.29, 0.717) is 16.7 Å². The summed E-state index contributed by atoms with van der Waals surface area (Å²) in [5.41, 5.74) is 23.9. The van der Waals surface area contributed by atoms with E-state index in [9.17, 15) is 52.6 Å². The van der Waals surface area contributed by atoms with Gasteiger partial charge in [0, 0.05) is 62.8 Å². The summed E-state index contributed by atoms with van der Waals surface area (Å²) in [6.07, 6.45) is -2.82. The molecule has 0 spiro atoms. The molecule has 15 nitrogen and oxygen atoms in total. The molecule has 0 aliphatic rings. The predicted molar refractivity (Wildman–Crippen MR) is 220 cm³/mol. The minimum atomic E-state index is -1.33. The maximum atomic E-state index is 14.3. The second-order valence-corrected chi connectivity index (χ2v) is 15.3. The van der Waals surface area contributed by atoms with Gasteiger partial charge in [-0.1, -0.05) is 30.3 Å². The average Bonchev–Trinajstić information content (AvgIpc) is 3.19. The van der Waals surface area contributed by atoms with Crippen molar-refractivity contribution in [3.63, 3.8) is 0 Å². The fourth-order valence-electron chi connectivity index (χ4n) is 6.94. The number of halogens is 2. The van der Waals surface area contributed by atoms with Crippen LogP contribution in [0.2, 0.25) is 0 Å². The van der Waals surface area contributed by atoms with Crippen molar-refractivity contribution in [1.82, 2.24) is 0 Å². The van der Waals surface area contributed by atoms with Crippen molar-refractivity contribution < 1.29 is 57.7 Å². The Morgan fingerprint density at radius 2 is 1.08 bits per heavy atom. The number of aromatic hydroxyl groups is 2. The summed E-state index contributed by atoms with van der Waals surface area (Å²) >= 11 is 0. The van der Waals surface area contributed by atoms with E-state index in [-0.39, 0.29) is 63.9 Å². The van der Waals surface area contributed by atoms with Crippen LogP contribution in [0.25, 0.3) is 0 Å². The summed E-state index contributed by atoms with van der Waals surface area (Å²) < 4.78 is 27.3. The summed E-state index contributed by atoms with van der Waals surface area (Å²) in [6, 6.07) is 13.6. The van der Waals surface area contributed by atoms with Gasteiger partial charge < -0.3 is 38.3 Å². The van der Waals surface area contributed by atoms with Crippen molar-refractivity contribution in [3.05, 3.63) is 95.1 Å². The zero-order chi connectivity index (χ0) is 45.2. The molecule has 3 aromatic rings. The molecule has 3 aromatic carbocycles. The lowest BCUT2D eigenvalue weighted by Crippen LogP contribution is -2.36. The Labute approximate surface area is 351 Å². The molecule has 0 heterocycles. The van der Waals surface area contributed by atoms with E-state index in [1.807, 2.05) is 0 Å². The second-order valence-electron chi connectivity index (χ2n) is 15.3. The number of phenols is 2. The Bertz CT molecular complexity index is 2060. The molecule has 5 atom stereocenters. The van der Waals surface area contributed by atoms with Crippen molar-refractivity contribution in [2.75, 3.05) is 6.54 Å². The molecule has 0 aromatic heterocycles. The average molecular weight is 850 g/mol. The topological polar surface area (TPSA) is 297 Å². The van der Waals surface area contributed by atoms with Crippen LogP contribution in [0, 0.1) is 35.3 Å². The number of carbonyl (C=O) groups is 7. The van der Waals surface area contributed by atoms with Gasteiger partial charge in [-0.05, 0) is 85.2 Å². The summed E-state index contributed by atoms with van der Waals surface area (Å²) in [4.78, 5) is 95.3. The van der Waals surface area contributed by atoms with E-state index in [1.54, 1.807) is 0 Å². The maximum Gasteiger partial charge on any atom is 0.304 e. The van der Waals surface area contributed by atoms with Crippen molar-refractivity contribution in [2.24, 2.45) is 51.6 Å². The molecule has 17 heteroatoms. The maximum absolute atomic E-state index is 14.3. The van der Waals surface area contributed by atoms with Crippen molar-refractivity contribution in [2.45, 2.75) is 83.1 Å². The number of nitrogens with zero attached hydrogens (tertiary/aromatic N) is 1. The summed E-state index contributed by atoms with van der Waals surface area (Å²) in [5, 5.41) is 29.2. The van der Waals surface area contributed by atoms with Crippen LogP contribution in [-0.4, -0.2) is 74.7 Å². The van der Waals surface area contributed by atoms with Crippen LogP contribution in [0.1, 0.15) is 74.5 Å². The number of amides is 1. The number of primary amides is 1. The highest BCUT2D eigenvalue weighted by Gasteiger charge is 2.33. The number of aliphatic imine (C=N–C) groups is 1. The number of rotatable bonds is 28. The molecule has 61 heavy (non-hydrogen) atoms. The standard InChI is InChI=1S/C44H53F2N5O10/c45-32-8-3-25(4-9-32)16-29(23-40(57)35(47)18-26-5-10-33(46)11-6-26)39(56)22-30(17-27-7-13-37(54)41(58)19-27)38(55)21-28(2-1-15-51-44(49)50)36(53)14-12-34(52)20-31(43(48)61)24-42(59)60/h3-11,13,19,28-31,35,54,58H,1-2,12,14-18,20-24,47H2,(H2,48,61)(H,59,60)(H4,49,50,51). The van der Waals surface area contributed by atoms with Crippen LogP contribution in [0.5, 0.6) is 11.5 Å². The third-order valence-corrected chi connectivity index (χ3v) is 10.4. The smallest absolute Gasteiger partial charge is 0.304 e. The van der Waals surface area contributed by atoms with Gasteiger partial charge >= 0.3 is 5.97 Å². The number of benzene rings is 3. The zero-order valence-electron chi connectivity index (χ0n) is 33.6. The number of hydrogen-bond donors (Lipinski definition) is 7. The molecule has 11 N–H and O–H groups in total. The van der Waals surface area contributed by atoms with E-state index >= 15 is 0 Å². The lowest BCUT2D eigenvalue weighted by atomic mass is 9.79. The van der Waals surface area contributed by atoms with E-state index in [0.717, 1.165) is 0 Å². The van der Waals surface area contributed by atoms with Gasteiger partial charge in [-0.25, -0.2) is 8.78 Å². The van der Waals surface area contributed by atoms with E-state index in [4.69, 9.17) is 28.0 Å². The fourth-order valence-corrected chi connectivity index (χ4v) is 6.94. The Kier molecular flexibility index (Phi) is 19.3. The van der Waals surface area contributed by atoms with Gasteiger partial charge in [0.2, 0.25) is 5.91 Å². The molecule has 0 radical (unpaired) electrons. The minimum absolute atomic E-state index is 0.0158. The predicted octanol–water partition coefficient (Wildman–Crippen LogP) is 3.40. The van der Waals surface area contributed by atoms with Crippen LogP contribution >= 0.6 is 0 Å². The molecule has 0 saturated heterocycles. The molecular weight excluding hydrogens is 797 g/mol.